The van der Waals surface area contributed by atoms with E-state index in [4.69, 9.17) is 9.47 Å². The van der Waals surface area contributed by atoms with E-state index in [1.54, 1.807) is 14.2 Å². The van der Waals surface area contributed by atoms with E-state index in [2.05, 4.69) is 9.97 Å². The first kappa shape index (κ1) is 11.7. The Kier molecular flexibility index (Phi) is 2.71. The number of aromatic nitrogens is 2. The van der Waals surface area contributed by atoms with Gasteiger partial charge in [0.15, 0.2) is 0 Å². The van der Waals surface area contributed by atoms with Gasteiger partial charge in [-0.2, -0.15) is 0 Å². The summed E-state index contributed by atoms with van der Waals surface area (Å²) in [6.45, 7) is 2.01. The molecule has 0 aliphatic heterocycles. The van der Waals surface area contributed by atoms with Crippen molar-refractivity contribution in [3.05, 3.63) is 35.9 Å². The molecule has 0 spiro atoms. The normalized spacial score (nSPS) is 10.9. The van der Waals surface area contributed by atoms with E-state index in [1.165, 1.54) is 0 Å². The maximum absolute atomic E-state index is 5.33. The molecule has 19 heavy (non-hydrogen) atoms. The van der Waals surface area contributed by atoms with Crippen molar-refractivity contribution in [1.82, 2.24) is 9.97 Å². The summed E-state index contributed by atoms with van der Waals surface area (Å²) in [6.07, 6.45) is 0. The number of methoxy groups -OCH3 is 2. The molecule has 2 aromatic carbocycles. The fraction of sp³-hybridized carbons (Fsp3) is 0.200. The van der Waals surface area contributed by atoms with Crippen molar-refractivity contribution in [2.75, 3.05) is 14.2 Å². The third-order valence-electron chi connectivity index (χ3n) is 3.15. The number of hydrogen-bond acceptors (Lipinski definition) is 4. The van der Waals surface area contributed by atoms with Gasteiger partial charge in [-0.15, -0.1) is 0 Å². The predicted molar refractivity (Wildman–Crippen MR) is 74.9 cm³/mol. The summed E-state index contributed by atoms with van der Waals surface area (Å²) in [5.74, 6) is 1.51. The van der Waals surface area contributed by atoms with Crippen LogP contribution >= 0.6 is 0 Å². The highest BCUT2D eigenvalue weighted by molar-refractivity contribution is 5.91. The zero-order valence-corrected chi connectivity index (χ0v) is 11.1. The lowest BCUT2D eigenvalue weighted by molar-refractivity contribution is 0.415. The Hall–Kier alpha value is -2.36. The third-order valence-corrected chi connectivity index (χ3v) is 3.15. The zero-order chi connectivity index (χ0) is 13.4. The highest BCUT2D eigenvalue weighted by Gasteiger charge is 2.09. The standard InChI is InChI=1S/C15H14N2O2/c1-9-7-10(18-2)8-12-14(9)16-11-5-4-6-13(19-3)15(11)17-12/h4-8H,1-3H3. The molecule has 0 N–H and O–H groups in total. The van der Waals surface area contributed by atoms with E-state index < -0.39 is 0 Å². The zero-order valence-electron chi connectivity index (χ0n) is 11.1. The molecular formula is C15H14N2O2. The molecule has 4 nitrogen and oxygen atoms in total. The minimum absolute atomic E-state index is 0.729. The summed E-state index contributed by atoms with van der Waals surface area (Å²) >= 11 is 0. The molecular weight excluding hydrogens is 240 g/mol. The van der Waals surface area contributed by atoms with E-state index >= 15 is 0 Å². The lowest BCUT2D eigenvalue weighted by Gasteiger charge is -2.08. The van der Waals surface area contributed by atoms with Crippen LogP contribution in [-0.4, -0.2) is 24.2 Å². The van der Waals surface area contributed by atoms with Crippen LogP contribution in [0.5, 0.6) is 11.5 Å². The molecule has 0 atom stereocenters. The molecule has 0 amide bonds. The molecule has 3 rings (SSSR count). The average Bonchev–Trinajstić information content (AvgIpc) is 2.44. The van der Waals surface area contributed by atoms with Crippen LogP contribution in [-0.2, 0) is 0 Å². The first-order chi connectivity index (χ1) is 9.22. The summed E-state index contributed by atoms with van der Waals surface area (Å²) in [4.78, 5) is 9.31. The maximum atomic E-state index is 5.33. The smallest absolute Gasteiger partial charge is 0.146 e. The number of ether oxygens (including phenoxy) is 2. The van der Waals surface area contributed by atoms with Crippen LogP contribution in [0.2, 0.25) is 0 Å². The van der Waals surface area contributed by atoms with Gasteiger partial charge >= 0.3 is 0 Å². The Morgan fingerprint density at radius 1 is 0.895 bits per heavy atom. The van der Waals surface area contributed by atoms with Crippen molar-refractivity contribution >= 4 is 22.1 Å². The summed E-state index contributed by atoms with van der Waals surface area (Å²) in [5.41, 5.74) is 4.35. The molecule has 3 aromatic rings. The van der Waals surface area contributed by atoms with Crippen LogP contribution < -0.4 is 9.47 Å². The van der Waals surface area contributed by atoms with Gasteiger partial charge in [-0.1, -0.05) is 6.07 Å². The maximum Gasteiger partial charge on any atom is 0.146 e. The van der Waals surface area contributed by atoms with E-state index in [0.717, 1.165) is 39.1 Å². The highest BCUT2D eigenvalue weighted by Crippen LogP contribution is 2.28. The first-order valence-electron chi connectivity index (χ1n) is 6.02. The van der Waals surface area contributed by atoms with E-state index in [1.807, 2.05) is 37.3 Å². The van der Waals surface area contributed by atoms with E-state index in [0.29, 0.717) is 0 Å². The molecule has 1 aromatic heterocycles. The monoisotopic (exact) mass is 254 g/mol. The number of benzene rings is 2. The SMILES string of the molecule is COc1cc(C)c2nc3cccc(OC)c3nc2c1. The van der Waals surface area contributed by atoms with Crippen LogP contribution in [0.3, 0.4) is 0 Å². The van der Waals surface area contributed by atoms with Gasteiger partial charge in [0, 0.05) is 6.07 Å². The quantitative estimate of drug-likeness (QED) is 0.659. The third kappa shape index (κ3) is 1.85. The average molecular weight is 254 g/mol. The van der Waals surface area contributed by atoms with Gasteiger partial charge in [-0.25, -0.2) is 9.97 Å². The van der Waals surface area contributed by atoms with Gasteiger partial charge < -0.3 is 9.47 Å². The second-order valence-electron chi connectivity index (χ2n) is 4.36. The second kappa shape index (κ2) is 4.39. The Morgan fingerprint density at radius 3 is 2.42 bits per heavy atom. The Morgan fingerprint density at radius 2 is 1.68 bits per heavy atom. The van der Waals surface area contributed by atoms with Crippen LogP contribution in [0.1, 0.15) is 5.56 Å². The van der Waals surface area contributed by atoms with E-state index in [-0.39, 0.29) is 0 Å². The Labute approximate surface area is 111 Å². The number of hydrogen-bond donors (Lipinski definition) is 0. The minimum Gasteiger partial charge on any atom is -0.497 e. The summed E-state index contributed by atoms with van der Waals surface area (Å²) in [7, 11) is 3.28. The molecule has 0 unspecified atom stereocenters. The van der Waals surface area contributed by atoms with Gasteiger partial charge in [0.2, 0.25) is 0 Å². The molecule has 0 saturated carbocycles. The summed E-state index contributed by atoms with van der Waals surface area (Å²) < 4.78 is 10.6. The number of aryl methyl sites for hydroxylation is 1. The van der Waals surface area contributed by atoms with Crippen molar-refractivity contribution in [2.45, 2.75) is 6.92 Å². The summed E-state index contributed by atoms with van der Waals surface area (Å²) in [6, 6.07) is 9.59. The topological polar surface area (TPSA) is 44.2 Å². The first-order valence-corrected chi connectivity index (χ1v) is 6.02. The molecule has 0 saturated heterocycles. The van der Waals surface area contributed by atoms with Gasteiger partial charge in [0.1, 0.15) is 17.0 Å². The van der Waals surface area contributed by atoms with E-state index in [9.17, 15) is 0 Å². The molecule has 0 bridgehead atoms. The lowest BCUT2D eigenvalue weighted by Crippen LogP contribution is -1.94. The predicted octanol–water partition coefficient (Wildman–Crippen LogP) is 3.11. The molecule has 0 aliphatic carbocycles. The van der Waals surface area contributed by atoms with Gasteiger partial charge in [-0.05, 0) is 30.7 Å². The minimum atomic E-state index is 0.729. The molecule has 1 heterocycles. The molecule has 96 valence electrons. The second-order valence-corrected chi connectivity index (χ2v) is 4.36. The van der Waals surface area contributed by atoms with Crippen molar-refractivity contribution in [3.63, 3.8) is 0 Å². The van der Waals surface area contributed by atoms with Crippen molar-refractivity contribution in [2.24, 2.45) is 0 Å². The fourth-order valence-electron chi connectivity index (χ4n) is 2.20. The van der Waals surface area contributed by atoms with Crippen molar-refractivity contribution in [3.8, 4) is 11.5 Å². The number of para-hydroxylation sites is 1. The molecule has 0 fully saturated rings. The van der Waals surface area contributed by atoms with Crippen molar-refractivity contribution < 1.29 is 9.47 Å². The fourth-order valence-corrected chi connectivity index (χ4v) is 2.20. The van der Waals surface area contributed by atoms with Crippen LogP contribution in [0.25, 0.3) is 22.1 Å². The molecule has 4 heteroatoms. The number of nitrogens with zero attached hydrogens (tertiary/aromatic N) is 2. The number of fused-ring (bicyclic) bond motifs is 2. The van der Waals surface area contributed by atoms with Crippen molar-refractivity contribution in [1.29, 1.82) is 0 Å². The van der Waals surface area contributed by atoms with Gasteiger partial charge in [0.05, 0.1) is 30.8 Å². The Balaban J connectivity index is 2.42. The largest absolute Gasteiger partial charge is 0.497 e. The Bertz CT molecular complexity index is 769. The van der Waals surface area contributed by atoms with Crippen LogP contribution in [0, 0.1) is 6.92 Å². The van der Waals surface area contributed by atoms with Gasteiger partial charge in [0.25, 0.3) is 0 Å². The van der Waals surface area contributed by atoms with Crippen LogP contribution in [0.15, 0.2) is 30.3 Å². The highest BCUT2D eigenvalue weighted by atomic mass is 16.5. The summed E-state index contributed by atoms with van der Waals surface area (Å²) in [5, 5.41) is 0. The van der Waals surface area contributed by atoms with Crippen LogP contribution in [0.4, 0.5) is 0 Å². The number of rotatable bonds is 2. The molecule has 0 aliphatic rings. The molecule has 0 radical (unpaired) electrons. The lowest BCUT2D eigenvalue weighted by atomic mass is 10.1. The van der Waals surface area contributed by atoms with Gasteiger partial charge in [-0.3, -0.25) is 0 Å².